The van der Waals surface area contributed by atoms with Crippen molar-refractivity contribution < 1.29 is 14.3 Å². The van der Waals surface area contributed by atoms with Crippen LogP contribution in [0, 0.1) is 5.41 Å². The first kappa shape index (κ1) is 14.9. The second-order valence-electron chi connectivity index (χ2n) is 5.19. The molecule has 0 aliphatic carbocycles. The lowest BCUT2D eigenvalue weighted by molar-refractivity contribution is -0.141. The van der Waals surface area contributed by atoms with Gasteiger partial charge in [-0.1, -0.05) is 27.7 Å². The number of methoxy groups -OCH3 is 1. The van der Waals surface area contributed by atoms with E-state index in [9.17, 15) is 9.59 Å². The van der Waals surface area contributed by atoms with Gasteiger partial charge in [0.1, 0.15) is 0 Å². The average molecular weight is 229 g/mol. The van der Waals surface area contributed by atoms with Gasteiger partial charge >= 0.3 is 5.97 Å². The first-order valence-corrected chi connectivity index (χ1v) is 5.64. The number of hydrogen-bond donors (Lipinski definition) is 1. The lowest BCUT2D eigenvalue weighted by atomic mass is 9.91. The molecule has 0 aliphatic heterocycles. The van der Waals surface area contributed by atoms with Crippen molar-refractivity contribution in [1.29, 1.82) is 0 Å². The topological polar surface area (TPSA) is 55.4 Å². The standard InChI is InChI=1S/C12H23NO3/c1-6-9(7-11(15)16-5)13-10(14)8-12(2,3)4/h9H,6-8H2,1-5H3,(H,13,14). The smallest absolute Gasteiger partial charge is 0.307 e. The molecule has 0 saturated heterocycles. The van der Waals surface area contributed by atoms with Crippen LogP contribution in [0.15, 0.2) is 0 Å². The normalized spacial score (nSPS) is 13.1. The first-order chi connectivity index (χ1) is 7.28. The Hall–Kier alpha value is -1.06. The zero-order valence-electron chi connectivity index (χ0n) is 10.9. The fraction of sp³-hybridized carbons (Fsp3) is 0.833. The van der Waals surface area contributed by atoms with Gasteiger partial charge in [-0.25, -0.2) is 0 Å². The van der Waals surface area contributed by atoms with Gasteiger partial charge in [-0.05, 0) is 11.8 Å². The molecular weight excluding hydrogens is 206 g/mol. The molecule has 0 rings (SSSR count). The molecule has 0 aromatic carbocycles. The Morgan fingerprint density at radius 1 is 1.31 bits per heavy atom. The summed E-state index contributed by atoms with van der Waals surface area (Å²) in [5.41, 5.74) is -0.0341. The Morgan fingerprint density at radius 2 is 1.88 bits per heavy atom. The van der Waals surface area contributed by atoms with Crippen LogP contribution < -0.4 is 5.32 Å². The van der Waals surface area contributed by atoms with Gasteiger partial charge < -0.3 is 10.1 Å². The van der Waals surface area contributed by atoms with Crippen molar-refractivity contribution >= 4 is 11.9 Å². The van der Waals surface area contributed by atoms with Crippen LogP contribution in [0.3, 0.4) is 0 Å². The van der Waals surface area contributed by atoms with Crippen LogP contribution in [0.5, 0.6) is 0 Å². The van der Waals surface area contributed by atoms with Gasteiger partial charge in [-0.2, -0.15) is 0 Å². The number of nitrogens with one attached hydrogen (secondary N) is 1. The van der Waals surface area contributed by atoms with E-state index in [0.717, 1.165) is 6.42 Å². The molecule has 0 fully saturated rings. The Morgan fingerprint density at radius 3 is 2.25 bits per heavy atom. The minimum Gasteiger partial charge on any atom is -0.469 e. The molecule has 4 nitrogen and oxygen atoms in total. The summed E-state index contributed by atoms with van der Waals surface area (Å²) >= 11 is 0. The summed E-state index contributed by atoms with van der Waals surface area (Å²) in [5.74, 6) is -0.300. The zero-order valence-corrected chi connectivity index (χ0v) is 10.9. The minimum atomic E-state index is -0.289. The van der Waals surface area contributed by atoms with Gasteiger partial charge in [-0.3, -0.25) is 9.59 Å². The Kier molecular flexibility index (Phi) is 6.08. The maximum Gasteiger partial charge on any atom is 0.307 e. The largest absolute Gasteiger partial charge is 0.469 e. The van der Waals surface area contributed by atoms with E-state index in [2.05, 4.69) is 10.1 Å². The first-order valence-electron chi connectivity index (χ1n) is 5.64. The third-order valence-electron chi connectivity index (χ3n) is 2.19. The molecule has 0 bridgehead atoms. The van der Waals surface area contributed by atoms with Crippen LogP contribution in [0.4, 0.5) is 0 Å². The van der Waals surface area contributed by atoms with Gasteiger partial charge in [0, 0.05) is 12.5 Å². The van der Waals surface area contributed by atoms with E-state index >= 15 is 0 Å². The van der Waals surface area contributed by atoms with E-state index in [1.807, 2.05) is 27.7 Å². The van der Waals surface area contributed by atoms with Gasteiger partial charge in [0.25, 0.3) is 0 Å². The van der Waals surface area contributed by atoms with Crippen molar-refractivity contribution in [1.82, 2.24) is 5.32 Å². The van der Waals surface area contributed by atoms with Crippen LogP contribution in [0.1, 0.15) is 47.0 Å². The molecular formula is C12H23NO3. The second-order valence-corrected chi connectivity index (χ2v) is 5.19. The maximum absolute atomic E-state index is 11.6. The van der Waals surface area contributed by atoms with Crippen LogP contribution in [0.2, 0.25) is 0 Å². The summed E-state index contributed by atoms with van der Waals surface area (Å²) in [7, 11) is 1.35. The molecule has 1 amide bonds. The summed E-state index contributed by atoms with van der Waals surface area (Å²) in [6.07, 6.45) is 1.43. The second kappa shape index (κ2) is 6.51. The van der Waals surface area contributed by atoms with Crippen LogP contribution >= 0.6 is 0 Å². The van der Waals surface area contributed by atoms with Crippen LogP contribution in [-0.2, 0) is 14.3 Å². The Bertz CT molecular complexity index is 243. The van der Waals surface area contributed by atoms with Gasteiger partial charge in [-0.15, -0.1) is 0 Å². The highest BCUT2D eigenvalue weighted by Crippen LogP contribution is 2.18. The summed E-state index contributed by atoms with van der Waals surface area (Å²) in [6, 6.07) is -0.123. The molecule has 0 aliphatic rings. The van der Waals surface area contributed by atoms with E-state index in [1.165, 1.54) is 7.11 Å². The molecule has 0 radical (unpaired) electrons. The summed E-state index contributed by atoms with van der Waals surface area (Å²) in [4.78, 5) is 22.7. The highest BCUT2D eigenvalue weighted by Gasteiger charge is 2.19. The van der Waals surface area contributed by atoms with E-state index in [0.29, 0.717) is 6.42 Å². The summed E-state index contributed by atoms with van der Waals surface area (Å²) in [5, 5.41) is 2.85. The third-order valence-corrected chi connectivity index (χ3v) is 2.19. The van der Waals surface area contributed by atoms with Crippen molar-refractivity contribution in [2.24, 2.45) is 5.41 Å². The number of ether oxygens (including phenoxy) is 1. The molecule has 0 saturated carbocycles. The fourth-order valence-corrected chi connectivity index (χ4v) is 1.34. The molecule has 0 spiro atoms. The summed E-state index contributed by atoms with van der Waals surface area (Å²) < 4.78 is 4.57. The van der Waals surface area contributed by atoms with Crippen LogP contribution in [-0.4, -0.2) is 25.0 Å². The lowest BCUT2D eigenvalue weighted by Crippen LogP contribution is -2.37. The third kappa shape index (κ3) is 7.26. The molecule has 1 N–H and O–H groups in total. The number of carbonyl (C=O) groups is 2. The fourth-order valence-electron chi connectivity index (χ4n) is 1.34. The van der Waals surface area contributed by atoms with E-state index in [1.54, 1.807) is 0 Å². The minimum absolute atomic E-state index is 0.0109. The summed E-state index contributed by atoms with van der Waals surface area (Å²) in [6.45, 7) is 7.96. The number of rotatable bonds is 5. The molecule has 0 heterocycles. The van der Waals surface area contributed by atoms with E-state index in [4.69, 9.17) is 0 Å². The molecule has 16 heavy (non-hydrogen) atoms. The SMILES string of the molecule is CCC(CC(=O)OC)NC(=O)CC(C)(C)C. The quantitative estimate of drug-likeness (QED) is 0.732. The van der Waals surface area contributed by atoms with Crippen molar-refractivity contribution in [3.05, 3.63) is 0 Å². The van der Waals surface area contributed by atoms with Crippen molar-refractivity contribution in [3.8, 4) is 0 Å². The Labute approximate surface area is 97.7 Å². The van der Waals surface area contributed by atoms with Crippen LogP contribution in [0.25, 0.3) is 0 Å². The predicted molar refractivity (Wildman–Crippen MR) is 62.9 cm³/mol. The predicted octanol–water partition coefficient (Wildman–Crippen LogP) is 1.88. The number of amides is 1. The Balaban J connectivity index is 4.12. The van der Waals surface area contributed by atoms with Crippen molar-refractivity contribution in [2.75, 3.05) is 7.11 Å². The maximum atomic E-state index is 11.6. The average Bonchev–Trinajstić information content (AvgIpc) is 2.13. The molecule has 0 aromatic rings. The number of esters is 1. The highest BCUT2D eigenvalue weighted by atomic mass is 16.5. The van der Waals surface area contributed by atoms with Gasteiger partial charge in [0.15, 0.2) is 0 Å². The molecule has 4 heteroatoms. The zero-order chi connectivity index (χ0) is 12.8. The lowest BCUT2D eigenvalue weighted by Gasteiger charge is -2.21. The molecule has 1 unspecified atom stereocenters. The highest BCUT2D eigenvalue weighted by molar-refractivity contribution is 5.78. The number of carbonyl (C=O) groups excluding carboxylic acids is 2. The molecule has 1 atom stereocenters. The van der Waals surface area contributed by atoms with E-state index < -0.39 is 0 Å². The monoisotopic (exact) mass is 229 g/mol. The van der Waals surface area contributed by atoms with Gasteiger partial charge in [0.2, 0.25) is 5.91 Å². The van der Waals surface area contributed by atoms with E-state index in [-0.39, 0.29) is 29.8 Å². The number of hydrogen-bond acceptors (Lipinski definition) is 3. The van der Waals surface area contributed by atoms with Gasteiger partial charge in [0.05, 0.1) is 13.5 Å². The molecule has 0 aromatic heterocycles. The van der Waals surface area contributed by atoms with Crippen molar-refractivity contribution in [3.63, 3.8) is 0 Å². The molecule has 94 valence electrons. The van der Waals surface area contributed by atoms with Crippen molar-refractivity contribution in [2.45, 2.75) is 53.0 Å².